The zero-order valence-corrected chi connectivity index (χ0v) is 21.3. The summed E-state index contributed by atoms with van der Waals surface area (Å²) < 4.78 is 16.6. The Morgan fingerprint density at radius 1 is 1.19 bits per heavy atom. The number of hydrogen-bond acceptors (Lipinski definition) is 8. The lowest BCUT2D eigenvalue weighted by molar-refractivity contribution is -0.137. The molecule has 10 nitrogen and oxygen atoms in total. The summed E-state index contributed by atoms with van der Waals surface area (Å²) in [4.78, 5) is 51.3. The molecular formula is C26H25ClN2O8. The number of nitrogens with zero attached hydrogens (tertiary/aromatic N) is 1. The van der Waals surface area contributed by atoms with Crippen molar-refractivity contribution in [3.63, 3.8) is 0 Å². The summed E-state index contributed by atoms with van der Waals surface area (Å²) in [7, 11) is 4.23. The molecule has 1 heterocycles. The van der Waals surface area contributed by atoms with E-state index in [1.807, 2.05) is 0 Å². The second kappa shape index (κ2) is 9.78. The first-order valence-electron chi connectivity index (χ1n) is 11.3. The molecule has 2 aliphatic rings. The average Bonchev–Trinajstić information content (AvgIpc) is 3.17. The summed E-state index contributed by atoms with van der Waals surface area (Å²) in [6.07, 6.45) is 1.64. The Kier molecular flexibility index (Phi) is 6.88. The fraction of sp³-hybridized carbons (Fsp3) is 0.308. The van der Waals surface area contributed by atoms with Crippen LogP contribution < -0.4 is 19.5 Å². The maximum Gasteiger partial charge on any atom is 0.323 e. The molecule has 4 rings (SSSR count). The number of carbonyl (C=O) groups is 4. The molecule has 37 heavy (non-hydrogen) atoms. The number of aliphatic carboxylic acids is 1. The van der Waals surface area contributed by atoms with E-state index in [1.165, 1.54) is 33.4 Å². The second-order valence-electron chi connectivity index (χ2n) is 8.86. The van der Waals surface area contributed by atoms with Gasteiger partial charge in [-0.2, -0.15) is 0 Å². The third kappa shape index (κ3) is 4.37. The first-order chi connectivity index (χ1) is 17.5. The quantitative estimate of drug-likeness (QED) is 0.519. The highest BCUT2D eigenvalue weighted by Crippen LogP contribution is 2.53. The molecule has 194 valence electrons. The maximum atomic E-state index is 13.6. The Morgan fingerprint density at radius 3 is 2.41 bits per heavy atom. The van der Waals surface area contributed by atoms with Gasteiger partial charge in [-0.25, -0.2) is 0 Å². The number of Topliss-reactive ketones (excluding diaryl/α,β-unsaturated/α-hetero) is 1. The Labute approximate surface area is 217 Å². The monoisotopic (exact) mass is 528 g/mol. The van der Waals surface area contributed by atoms with E-state index in [2.05, 4.69) is 5.32 Å². The number of carboxylic acids is 1. The van der Waals surface area contributed by atoms with E-state index in [4.69, 9.17) is 30.9 Å². The van der Waals surface area contributed by atoms with Crippen LogP contribution in [-0.4, -0.2) is 66.9 Å². The molecule has 0 fully saturated rings. The number of allylic oxidation sites excluding steroid dienone is 1. The normalized spacial score (nSPS) is 20.1. The van der Waals surface area contributed by atoms with Gasteiger partial charge >= 0.3 is 5.97 Å². The third-order valence-electron chi connectivity index (χ3n) is 6.47. The van der Waals surface area contributed by atoms with Crippen molar-refractivity contribution in [1.82, 2.24) is 4.90 Å². The predicted molar refractivity (Wildman–Crippen MR) is 134 cm³/mol. The summed E-state index contributed by atoms with van der Waals surface area (Å²) in [6.45, 7) is 1.33. The number of carboxylic acid groups (broad SMARTS) is 1. The topological polar surface area (TPSA) is 131 Å². The van der Waals surface area contributed by atoms with Crippen molar-refractivity contribution in [1.29, 1.82) is 0 Å². The summed E-state index contributed by atoms with van der Waals surface area (Å²) in [5.41, 5.74) is -0.183. The van der Waals surface area contributed by atoms with Crippen molar-refractivity contribution in [2.45, 2.75) is 18.9 Å². The zero-order chi connectivity index (χ0) is 27.1. The van der Waals surface area contributed by atoms with Crippen LogP contribution in [0.1, 0.15) is 34.1 Å². The second-order valence-corrected chi connectivity index (χ2v) is 9.24. The minimum atomic E-state index is -1.78. The van der Waals surface area contributed by atoms with Gasteiger partial charge < -0.3 is 29.5 Å². The highest BCUT2D eigenvalue weighted by Gasteiger charge is 2.60. The fourth-order valence-electron chi connectivity index (χ4n) is 4.59. The van der Waals surface area contributed by atoms with Gasteiger partial charge in [0, 0.05) is 42.1 Å². The number of nitrogens with one attached hydrogen (secondary N) is 1. The first kappa shape index (κ1) is 26.0. The standard InChI is InChI=1S/C26H25ClN2O8/c1-13-9-16(28-15-7-5-14(6-8-15)25(34)29(2)12-20(31)32)10-19(30)26(13)24(33)21-17(35-3)11-18(36-4)22(27)23(21)37-26/h5-8,10-11,13,28H,9,12H2,1-4H3,(H,31,32). The molecule has 0 saturated heterocycles. The Hall–Kier alpha value is -4.05. The number of carbonyl (C=O) groups excluding carboxylic acids is 3. The number of likely N-dealkylation sites (N-methyl/N-ethyl adjacent to an activating group) is 1. The number of anilines is 1. The first-order valence-corrected chi connectivity index (χ1v) is 11.7. The summed E-state index contributed by atoms with van der Waals surface area (Å²) in [5, 5.41) is 12.1. The SMILES string of the molecule is COc1cc(OC)c2c(c1Cl)OC1(C(=O)C=C(Nc3ccc(C(=O)N(C)CC(=O)O)cc3)CC1C)C2=O. The molecule has 2 aromatic carbocycles. The summed E-state index contributed by atoms with van der Waals surface area (Å²) in [5.74, 6) is -2.63. The van der Waals surface area contributed by atoms with Crippen molar-refractivity contribution < 1.29 is 38.5 Å². The van der Waals surface area contributed by atoms with E-state index in [0.29, 0.717) is 23.4 Å². The van der Waals surface area contributed by atoms with Gasteiger partial charge in [0.05, 0.1) is 14.2 Å². The van der Waals surface area contributed by atoms with E-state index in [-0.39, 0.29) is 27.8 Å². The van der Waals surface area contributed by atoms with Crippen LogP contribution in [0.25, 0.3) is 0 Å². The summed E-state index contributed by atoms with van der Waals surface area (Å²) >= 11 is 6.41. The van der Waals surface area contributed by atoms with E-state index >= 15 is 0 Å². The van der Waals surface area contributed by atoms with Gasteiger partial charge in [0.1, 0.15) is 28.6 Å². The summed E-state index contributed by atoms with van der Waals surface area (Å²) in [6, 6.07) is 7.89. The van der Waals surface area contributed by atoms with Crippen LogP contribution >= 0.6 is 11.6 Å². The van der Waals surface area contributed by atoms with Crippen molar-refractivity contribution in [3.8, 4) is 17.2 Å². The minimum Gasteiger partial charge on any atom is -0.496 e. The number of ketones is 2. The van der Waals surface area contributed by atoms with Crippen molar-refractivity contribution in [2.24, 2.45) is 5.92 Å². The fourth-order valence-corrected chi connectivity index (χ4v) is 4.86. The van der Waals surface area contributed by atoms with Crippen molar-refractivity contribution in [2.75, 3.05) is 33.1 Å². The molecule has 2 atom stereocenters. The number of methoxy groups -OCH3 is 2. The Morgan fingerprint density at radius 2 is 1.84 bits per heavy atom. The van der Waals surface area contributed by atoms with Gasteiger partial charge in [-0.3, -0.25) is 19.2 Å². The molecule has 2 aromatic rings. The molecule has 1 aliphatic carbocycles. The molecule has 1 spiro atoms. The lowest BCUT2D eigenvalue weighted by Crippen LogP contribution is -2.55. The molecule has 1 amide bonds. The number of fused-ring (bicyclic) bond motifs is 1. The number of hydrogen-bond donors (Lipinski definition) is 2. The van der Waals surface area contributed by atoms with Crippen LogP contribution in [0.5, 0.6) is 17.2 Å². The van der Waals surface area contributed by atoms with Crippen LogP contribution in [0.2, 0.25) is 5.02 Å². The molecule has 0 radical (unpaired) electrons. The van der Waals surface area contributed by atoms with E-state index in [9.17, 15) is 19.2 Å². The van der Waals surface area contributed by atoms with E-state index < -0.39 is 41.5 Å². The number of ether oxygens (including phenoxy) is 3. The van der Waals surface area contributed by atoms with Crippen LogP contribution in [-0.2, 0) is 9.59 Å². The van der Waals surface area contributed by atoms with Crippen molar-refractivity contribution >= 4 is 40.7 Å². The maximum absolute atomic E-state index is 13.6. The number of rotatable bonds is 7. The molecule has 2 unspecified atom stereocenters. The van der Waals surface area contributed by atoms with Crippen LogP contribution in [0, 0.1) is 5.92 Å². The lowest BCUT2D eigenvalue weighted by Gasteiger charge is -2.35. The molecule has 11 heteroatoms. The third-order valence-corrected chi connectivity index (χ3v) is 6.82. The Balaban J connectivity index is 1.57. The van der Waals surface area contributed by atoms with Crippen LogP contribution in [0.4, 0.5) is 5.69 Å². The molecule has 2 N–H and O–H groups in total. The highest BCUT2D eigenvalue weighted by atomic mass is 35.5. The van der Waals surface area contributed by atoms with Gasteiger partial charge in [-0.15, -0.1) is 0 Å². The minimum absolute atomic E-state index is 0.0565. The molecule has 1 aliphatic heterocycles. The molecular weight excluding hydrogens is 504 g/mol. The van der Waals surface area contributed by atoms with Gasteiger partial charge in [-0.05, 0) is 30.7 Å². The van der Waals surface area contributed by atoms with Gasteiger partial charge in [0.15, 0.2) is 5.75 Å². The predicted octanol–water partition coefficient (Wildman–Crippen LogP) is 3.43. The smallest absolute Gasteiger partial charge is 0.323 e. The van der Waals surface area contributed by atoms with E-state index in [1.54, 1.807) is 31.2 Å². The van der Waals surface area contributed by atoms with Crippen LogP contribution in [0.3, 0.4) is 0 Å². The molecule has 0 aromatic heterocycles. The van der Waals surface area contributed by atoms with Crippen molar-refractivity contribution in [3.05, 3.63) is 58.3 Å². The Bertz CT molecular complexity index is 1340. The molecule has 0 bridgehead atoms. The van der Waals surface area contributed by atoms with Crippen LogP contribution in [0.15, 0.2) is 42.1 Å². The van der Waals surface area contributed by atoms with Gasteiger partial charge in [0.2, 0.25) is 17.2 Å². The van der Waals surface area contributed by atoms with Gasteiger partial charge in [-0.1, -0.05) is 18.5 Å². The number of benzene rings is 2. The number of amides is 1. The average molecular weight is 529 g/mol. The number of halogens is 1. The lowest BCUT2D eigenvalue weighted by atomic mass is 9.74. The van der Waals surface area contributed by atoms with Gasteiger partial charge in [0.25, 0.3) is 5.91 Å². The molecule has 0 saturated carbocycles. The van der Waals surface area contributed by atoms with E-state index in [0.717, 1.165) is 4.90 Å². The zero-order valence-electron chi connectivity index (χ0n) is 20.6. The largest absolute Gasteiger partial charge is 0.496 e. The highest BCUT2D eigenvalue weighted by molar-refractivity contribution is 6.36.